The highest BCUT2D eigenvalue weighted by Gasteiger charge is 2.25. The van der Waals surface area contributed by atoms with Gasteiger partial charge in [-0.05, 0) is 44.0 Å². The quantitative estimate of drug-likeness (QED) is 0.682. The number of morpholine rings is 1. The number of pyridine rings is 1. The SMILES string of the molecule is Cc1ccn2ncc(-c3nc(N[C@@H]4CCCNC4)c(F)c(N4CCOCC4)n3)c2c1. The minimum absolute atomic E-state index is 0.139. The van der Waals surface area contributed by atoms with Crippen LogP contribution in [0.25, 0.3) is 16.9 Å². The zero-order chi connectivity index (χ0) is 20.5. The molecule has 0 radical (unpaired) electrons. The summed E-state index contributed by atoms with van der Waals surface area (Å²) in [6, 6.07) is 4.18. The van der Waals surface area contributed by atoms with E-state index >= 15 is 4.39 Å². The molecular formula is C21H26FN7O. The van der Waals surface area contributed by atoms with E-state index in [-0.39, 0.29) is 11.9 Å². The van der Waals surface area contributed by atoms with Gasteiger partial charge in [-0.2, -0.15) is 9.49 Å². The topological polar surface area (TPSA) is 79.6 Å². The fourth-order valence-corrected chi connectivity index (χ4v) is 4.06. The van der Waals surface area contributed by atoms with Crippen molar-refractivity contribution in [2.24, 2.45) is 0 Å². The number of fused-ring (bicyclic) bond motifs is 1. The van der Waals surface area contributed by atoms with E-state index in [1.165, 1.54) is 0 Å². The average molecular weight is 411 g/mol. The number of aryl methyl sites for hydroxylation is 1. The average Bonchev–Trinajstić information content (AvgIpc) is 3.19. The molecule has 0 amide bonds. The standard InChI is InChI=1S/C21H26FN7O/c1-14-4-6-29-17(11-14)16(13-24-29)19-26-20(25-15-3-2-5-23-12-15)18(22)21(27-19)28-7-9-30-10-8-28/h4,6,11,13,15,23H,2-3,5,7-10,12H2,1H3,(H,25,26,27)/t15-/m1/s1. The number of aromatic nitrogens is 4. The van der Waals surface area contributed by atoms with Crippen LogP contribution in [0.3, 0.4) is 0 Å². The summed E-state index contributed by atoms with van der Waals surface area (Å²) in [6.07, 6.45) is 5.69. The van der Waals surface area contributed by atoms with Crippen LogP contribution >= 0.6 is 0 Å². The molecule has 3 aromatic rings. The largest absolute Gasteiger partial charge is 0.378 e. The molecule has 8 nitrogen and oxygen atoms in total. The molecule has 0 aliphatic carbocycles. The number of piperidine rings is 1. The molecule has 2 aliphatic rings. The Morgan fingerprint density at radius 2 is 2.13 bits per heavy atom. The highest BCUT2D eigenvalue weighted by molar-refractivity contribution is 5.77. The summed E-state index contributed by atoms with van der Waals surface area (Å²) in [6.45, 7) is 6.15. The summed E-state index contributed by atoms with van der Waals surface area (Å²) in [5.41, 5.74) is 2.81. The van der Waals surface area contributed by atoms with E-state index in [0.29, 0.717) is 37.9 Å². The van der Waals surface area contributed by atoms with Crippen molar-refractivity contribution in [1.29, 1.82) is 0 Å². The first-order valence-electron chi connectivity index (χ1n) is 10.5. The first-order valence-corrected chi connectivity index (χ1v) is 10.5. The van der Waals surface area contributed by atoms with Gasteiger partial charge in [0.25, 0.3) is 0 Å². The lowest BCUT2D eigenvalue weighted by Gasteiger charge is -2.29. The van der Waals surface area contributed by atoms with E-state index in [2.05, 4.69) is 25.7 Å². The van der Waals surface area contributed by atoms with E-state index < -0.39 is 5.82 Å². The molecule has 2 aliphatic heterocycles. The molecule has 30 heavy (non-hydrogen) atoms. The van der Waals surface area contributed by atoms with Crippen LogP contribution in [0, 0.1) is 12.7 Å². The number of rotatable bonds is 4. The Balaban J connectivity index is 1.60. The van der Waals surface area contributed by atoms with Crippen molar-refractivity contribution < 1.29 is 9.13 Å². The Bertz CT molecular complexity index is 1040. The van der Waals surface area contributed by atoms with Gasteiger partial charge in [0.2, 0.25) is 5.82 Å². The maximum atomic E-state index is 15.5. The maximum Gasteiger partial charge on any atom is 0.207 e. The third-order valence-corrected chi connectivity index (χ3v) is 5.70. The molecule has 0 spiro atoms. The molecule has 1 atom stereocenters. The van der Waals surface area contributed by atoms with Crippen LogP contribution in [-0.4, -0.2) is 65.0 Å². The zero-order valence-electron chi connectivity index (χ0n) is 17.1. The van der Waals surface area contributed by atoms with Gasteiger partial charge < -0.3 is 20.3 Å². The highest BCUT2D eigenvalue weighted by Crippen LogP contribution is 2.30. The molecule has 0 saturated carbocycles. The highest BCUT2D eigenvalue weighted by atomic mass is 19.1. The Kier molecular flexibility index (Phi) is 5.22. The third-order valence-electron chi connectivity index (χ3n) is 5.70. The van der Waals surface area contributed by atoms with Gasteiger partial charge in [-0.15, -0.1) is 0 Å². The van der Waals surface area contributed by atoms with E-state index in [0.717, 1.165) is 42.6 Å². The molecule has 2 N–H and O–H groups in total. The number of nitrogens with one attached hydrogen (secondary N) is 2. The minimum atomic E-state index is -0.404. The van der Waals surface area contributed by atoms with Crippen LogP contribution in [0.15, 0.2) is 24.5 Å². The molecular weight excluding hydrogens is 385 g/mol. The van der Waals surface area contributed by atoms with Gasteiger partial charge in [0.05, 0.1) is 30.5 Å². The van der Waals surface area contributed by atoms with Gasteiger partial charge in [0.1, 0.15) is 0 Å². The molecule has 0 unspecified atom stereocenters. The van der Waals surface area contributed by atoms with Crippen molar-refractivity contribution in [3.8, 4) is 11.4 Å². The lowest BCUT2D eigenvalue weighted by molar-refractivity contribution is 0.122. The summed E-state index contributed by atoms with van der Waals surface area (Å²) in [4.78, 5) is 11.2. The normalized spacial score (nSPS) is 19.9. The van der Waals surface area contributed by atoms with Crippen molar-refractivity contribution in [2.45, 2.75) is 25.8 Å². The van der Waals surface area contributed by atoms with E-state index in [1.807, 2.05) is 30.2 Å². The van der Waals surface area contributed by atoms with Gasteiger partial charge in [0.15, 0.2) is 17.5 Å². The Morgan fingerprint density at radius 1 is 1.27 bits per heavy atom. The van der Waals surface area contributed by atoms with Crippen LogP contribution in [0.5, 0.6) is 0 Å². The lowest BCUT2D eigenvalue weighted by Crippen LogP contribution is -2.40. The minimum Gasteiger partial charge on any atom is -0.378 e. The molecule has 158 valence electrons. The monoisotopic (exact) mass is 411 g/mol. The summed E-state index contributed by atoms with van der Waals surface area (Å²) in [5, 5.41) is 11.1. The Labute approximate surface area is 174 Å². The van der Waals surface area contributed by atoms with Gasteiger partial charge in [-0.1, -0.05) is 0 Å². The third kappa shape index (κ3) is 3.70. The molecule has 5 heterocycles. The summed E-state index contributed by atoms with van der Waals surface area (Å²) < 4.78 is 22.7. The molecule has 2 saturated heterocycles. The molecule has 5 rings (SSSR count). The smallest absolute Gasteiger partial charge is 0.207 e. The number of halogens is 1. The van der Waals surface area contributed by atoms with Crippen molar-refractivity contribution in [2.75, 3.05) is 49.6 Å². The van der Waals surface area contributed by atoms with Gasteiger partial charge in [0, 0.05) is 31.9 Å². The van der Waals surface area contributed by atoms with Gasteiger partial charge in [-0.3, -0.25) is 0 Å². The first kappa shape index (κ1) is 19.2. The van der Waals surface area contributed by atoms with E-state index in [4.69, 9.17) is 4.74 Å². The van der Waals surface area contributed by atoms with Crippen LogP contribution < -0.4 is 15.5 Å². The van der Waals surface area contributed by atoms with Crippen molar-refractivity contribution in [3.05, 3.63) is 35.9 Å². The van der Waals surface area contributed by atoms with Gasteiger partial charge >= 0.3 is 0 Å². The first-order chi connectivity index (χ1) is 14.7. The second-order valence-corrected chi connectivity index (χ2v) is 7.91. The molecule has 9 heteroatoms. The summed E-state index contributed by atoms with van der Waals surface area (Å²) in [5.74, 6) is 0.646. The van der Waals surface area contributed by atoms with Crippen molar-refractivity contribution >= 4 is 17.2 Å². The number of hydrogen-bond donors (Lipinski definition) is 2. The Morgan fingerprint density at radius 3 is 2.93 bits per heavy atom. The molecule has 3 aromatic heterocycles. The van der Waals surface area contributed by atoms with Crippen LogP contribution in [0.1, 0.15) is 18.4 Å². The summed E-state index contributed by atoms with van der Waals surface area (Å²) in [7, 11) is 0. The van der Waals surface area contributed by atoms with Crippen molar-refractivity contribution in [1.82, 2.24) is 24.9 Å². The number of nitrogens with zero attached hydrogens (tertiary/aromatic N) is 5. The van der Waals surface area contributed by atoms with E-state index in [1.54, 1.807) is 10.7 Å². The fourth-order valence-electron chi connectivity index (χ4n) is 4.06. The second kappa shape index (κ2) is 8.16. The zero-order valence-corrected chi connectivity index (χ0v) is 17.1. The predicted molar refractivity (Wildman–Crippen MR) is 113 cm³/mol. The maximum absolute atomic E-state index is 15.5. The number of anilines is 2. The summed E-state index contributed by atoms with van der Waals surface area (Å²) >= 11 is 0. The second-order valence-electron chi connectivity index (χ2n) is 7.91. The predicted octanol–water partition coefficient (Wildman–Crippen LogP) is 2.24. The van der Waals surface area contributed by atoms with Crippen LogP contribution in [0.2, 0.25) is 0 Å². The van der Waals surface area contributed by atoms with Crippen LogP contribution in [0.4, 0.5) is 16.0 Å². The number of ether oxygens (including phenoxy) is 1. The Hall–Kier alpha value is -2.78. The molecule has 0 bridgehead atoms. The fraction of sp³-hybridized carbons (Fsp3) is 0.476. The lowest BCUT2D eigenvalue weighted by atomic mass is 10.1. The number of hydrogen-bond acceptors (Lipinski definition) is 7. The van der Waals surface area contributed by atoms with E-state index in [9.17, 15) is 0 Å². The molecule has 0 aromatic carbocycles. The molecule has 2 fully saturated rings. The van der Waals surface area contributed by atoms with Crippen molar-refractivity contribution in [3.63, 3.8) is 0 Å². The van der Waals surface area contributed by atoms with Gasteiger partial charge in [-0.25, -0.2) is 14.5 Å². The van der Waals surface area contributed by atoms with Crippen LogP contribution in [-0.2, 0) is 4.74 Å².